The lowest BCUT2D eigenvalue weighted by molar-refractivity contribution is -0.129. The number of aromatic nitrogens is 4. The molecule has 0 radical (unpaired) electrons. The van der Waals surface area contributed by atoms with Gasteiger partial charge in [-0.3, -0.25) is 9.36 Å². The fourth-order valence-electron chi connectivity index (χ4n) is 3.99. The van der Waals surface area contributed by atoms with Crippen LogP contribution in [-0.4, -0.2) is 56.6 Å². The monoisotopic (exact) mass is 461 g/mol. The number of H-pyrrole nitrogens is 1. The van der Waals surface area contributed by atoms with Gasteiger partial charge in [0.1, 0.15) is 0 Å². The van der Waals surface area contributed by atoms with E-state index in [9.17, 15) is 4.79 Å². The quantitative estimate of drug-likeness (QED) is 0.351. The van der Waals surface area contributed by atoms with E-state index in [0.717, 1.165) is 45.9 Å². The van der Waals surface area contributed by atoms with Crippen molar-refractivity contribution >= 4 is 28.6 Å². The second-order valence-corrected chi connectivity index (χ2v) is 9.18. The van der Waals surface area contributed by atoms with Crippen LogP contribution in [0.1, 0.15) is 24.4 Å². The number of rotatable bonds is 10. The first kappa shape index (κ1) is 21.7. The van der Waals surface area contributed by atoms with Crippen LogP contribution in [0.15, 0.2) is 66.0 Å². The van der Waals surface area contributed by atoms with Gasteiger partial charge in [-0.2, -0.15) is 0 Å². The number of hydrogen-bond donors (Lipinski definition) is 1. The summed E-state index contributed by atoms with van der Waals surface area (Å²) >= 11 is 1.47. The highest BCUT2D eigenvalue weighted by Crippen LogP contribution is 2.42. The maximum absolute atomic E-state index is 13.1. The Balaban J connectivity index is 1.34. The molecule has 0 unspecified atom stereocenters. The van der Waals surface area contributed by atoms with Gasteiger partial charge in [-0.25, -0.2) is 0 Å². The normalized spacial score (nSPS) is 13.5. The van der Waals surface area contributed by atoms with Gasteiger partial charge in [-0.1, -0.05) is 60.3 Å². The second kappa shape index (κ2) is 9.80. The number of aromatic amines is 1. The first-order valence-electron chi connectivity index (χ1n) is 11.2. The first-order chi connectivity index (χ1) is 16.2. The van der Waals surface area contributed by atoms with Crippen molar-refractivity contribution in [1.29, 1.82) is 0 Å². The Kier molecular flexibility index (Phi) is 6.46. The molecule has 0 spiro atoms. The Labute approximate surface area is 197 Å². The maximum Gasteiger partial charge on any atom is 0.233 e. The molecule has 8 heteroatoms. The summed E-state index contributed by atoms with van der Waals surface area (Å²) in [5.41, 5.74) is 3.24. The van der Waals surface area contributed by atoms with Gasteiger partial charge in [-0.05, 0) is 24.5 Å². The lowest BCUT2D eigenvalue weighted by atomic mass is 10.1. The second-order valence-electron chi connectivity index (χ2n) is 8.24. The number of nitrogens with zero attached hydrogens (tertiary/aromatic N) is 4. The van der Waals surface area contributed by atoms with Gasteiger partial charge in [0.15, 0.2) is 11.0 Å². The third-order valence-electron chi connectivity index (χ3n) is 5.87. The summed E-state index contributed by atoms with van der Waals surface area (Å²) in [5, 5.41) is 11.0. The standard InChI is InChI=1S/C25H27N5O2S/c1-32-14-13-29(16-18-7-3-2-4-8-18)23(31)17-33-25-28-27-24(30(25)19-11-12-19)21-15-26-22-10-6-5-9-20(21)22/h2-10,15,19,26H,11-14,16-17H2,1H3. The van der Waals surface area contributed by atoms with Gasteiger partial charge in [0, 0.05) is 48.9 Å². The molecule has 1 N–H and O–H groups in total. The molecule has 0 aliphatic heterocycles. The molecule has 1 fully saturated rings. The van der Waals surface area contributed by atoms with Gasteiger partial charge in [-0.15, -0.1) is 10.2 Å². The number of benzene rings is 2. The SMILES string of the molecule is COCCN(Cc1ccccc1)C(=O)CSc1nnc(-c2c[nH]c3ccccc23)n1C1CC1. The van der Waals surface area contributed by atoms with Crippen molar-refractivity contribution in [2.45, 2.75) is 30.6 Å². The molecule has 4 aromatic rings. The minimum atomic E-state index is 0.0693. The van der Waals surface area contributed by atoms with Gasteiger partial charge < -0.3 is 14.6 Å². The average Bonchev–Trinajstić information content (AvgIpc) is 3.46. The van der Waals surface area contributed by atoms with E-state index >= 15 is 0 Å². The molecule has 1 amide bonds. The highest BCUT2D eigenvalue weighted by molar-refractivity contribution is 7.99. The number of nitrogens with one attached hydrogen (secondary N) is 1. The maximum atomic E-state index is 13.1. The van der Waals surface area contributed by atoms with E-state index < -0.39 is 0 Å². The number of carbonyl (C=O) groups excluding carboxylic acids is 1. The van der Waals surface area contributed by atoms with Crippen LogP contribution in [0.3, 0.4) is 0 Å². The molecule has 1 aliphatic carbocycles. The molecule has 0 atom stereocenters. The molecule has 2 heterocycles. The van der Waals surface area contributed by atoms with Crippen molar-refractivity contribution in [1.82, 2.24) is 24.6 Å². The lowest BCUT2D eigenvalue weighted by Crippen LogP contribution is -2.34. The van der Waals surface area contributed by atoms with Gasteiger partial charge in [0.25, 0.3) is 0 Å². The number of para-hydroxylation sites is 1. The van der Waals surface area contributed by atoms with Crippen molar-refractivity contribution in [2.75, 3.05) is 26.0 Å². The molecular formula is C25H27N5O2S. The van der Waals surface area contributed by atoms with Gasteiger partial charge in [0.05, 0.1) is 12.4 Å². The fourth-order valence-corrected chi connectivity index (χ4v) is 4.90. The van der Waals surface area contributed by atoms with E-state index in [1.165, 1.54) is 11.8 Å². The number of fused-ring (bicyclic) bond motifs is 1. The predicted molar refractivity (Wildman–Crippen MR) is 130 cm³/mol. The molecule has 33 heavy (non-hydrogen) atoms. The number of hydrogen-bond acceptors (Lipinski definition) is 5. The van der Waals surface area contributed by atoms with E-state index in [1.54, 1.807) is 7.11 Å². The van der Waals surface area contributed by atoms with Crippen LogP contribution in [0.25, 0.3) is 22.3 Å². The van der Waals surface area contributed by atoms with Crippen LogP contribution in [0.4, 0.5) is 0 Å². The van der Waals surface area contributed by atoms with E-state index in [4.69, 9.17) is 4.74 Å². The Morgan fingerprint density at radius 2 is 1.94 bits per heavy atom. The summed E-state index contributed by atoms with van der Waals surface area (Å²) < 4.78 is 7.44. The zero-order chi connectivity index (χ0) is 22.6. The van der Waals surface area contributed by atoms with Crippen molar-refractivity contribution in [3.05, 3.63) is 66.4 Å². The molecule has 2 aromatic carbocycles. The summed E-state index contributed by atoms with van der Waals surface area (Å²) in [7, 11) is 1.66. The number of methoxy groups -OCH3 is 1. The van der Waals surface area contributed by atoms with Crippen LogP contribution < -0.4 is 0 Å². The van der Waals surface area contributed by atoms with Gasteiger partial charge >= 0.3 is 0 Å². The van der Waals surface area contributed by atoms with Crippen LogP contribution in [-0.2, 0) is 16.1 Å². The van der Waals surface area contributed by atoms with Crippen molar-refractivity contribution in [2.24, 2.45) is 0 Å². The number of amides is 1. The Morgan fingerprint density at radius 3 is 2.73 bits per heavy atom. The molecule has 1 saturated carbocycles. The fraction of sp³-hybridized carbons (Fsp3) is 0.320. The third-order valence-corrected chi connectivity index (χ3v) is 6.79. The molecule has 0 saturated heterocycles. The van der Waals surface area contributed by atoms with Crippen LogP contribution in [0.5, 0.6) is 0 Å². The number of ether oxygens (including phenoxy) is 1. The molecule has 7 nitrogen and oxygen atoms in total. The highest BCUT2D eigenvalue weighted by atomic mass is 32.2. The topological polar surface area (TPSA) is 76.0 Å². The van der Waals surface area contributed by atoms with E-state index in [0.29, 0.717) is 31.5 Å². The molecule has 1 aliphatic rings. The van der Waals surface area contributed by atoms with E-state index in [2.05, 4.69) is 31.9 Å². The summed E-state index contributed by atoms with van der Waals surface area (Å²) in [4.78, 5) is 18.3. The molecule has 0 bridgehead atoms. The van der Waals surface area contributed by atoms with E-state index in [1.807, 2.05) is 53.6 Å². The third kappa shape index (κ3) is 4.82. The lowest BCUT2D eigenvalue weighted by Gasteiger charge is -2.22. The molecule has 5 rings (SSSR count). The van der Waals surface area contributed by atoms with Crippen molar-refractivity contribution in [3.63, 3.8) is 0 Å². The summed E-state index contributed by atoms with van der Waals surface area (Å²) in [5.74, 6) is 1.25. The minimum Gasteiger partial charge on any atom is -0.383 e. The Morgan fingerprint density at radius 1 is 1.15 bits per heavy atom. The summed E-state index contributed by atoms with van der Waals surface area (Å²) in [6.07, 6.45) is 4.23. The van der Waals surface area contributed by atoms with Crippen molar-refractivity contribution < 1.29 is 9.53 Å². The zero-order valence-corrected chi connectivity index (χ0v) is 19.4. The largest absolute Gasteiger partial charge is 0.383 e. The summed E-state index contributed by atoms with van der Waals surface area (Å²) in [6, 6.07) is 18.7. The summed E-state index contributed by atoms with van der Waals surface area (Å²) in [6.45, 7) is 1.63. The minimum absolute atomic E-state index is 0.0693. The number of thioether (sulfide) groups is 1. The van der Waals surface area contributed by atoms with E-state index in [-0.39, 0.29) is 5.91 Å². The molecule has 2 aromatic heterocycles. The molecule has 170 valence electrons. The Hall–Kier alpha value is -3.10. The van der Waals surface area contributed by atoms with Crippen LogP contribution in [0, 0.1) is 0 Å². The predicted octanol–water partition coefficient (Wildman–Crippen LogP) is 4.53. The van der Waals surface area contributed by atoms with Gasteiger partial charge in [0.2, 0.25) is 5.91 Å². The van der Waals surface area contributed by atoms with Crippen molar-refractivity contribution in [3.8, 4) is 11.4 Å². The first-order valence-corrected chi connectivity index (χ1v) is 12.2. The zero-order valence-electron chi connectivity index (χ0n) is 18.6. The Bertz CT molecular complexity index is 1230. The smallest absolute Gasteiger partial charge is 0.233 e. The average molecular weight is 462 g/mol. The highest BCUT2D eigenvalue weighted by Gasteiger charge is 2.31. The van der Waals surface area contributed by atoms with Crippen LogP contribution in [0.2, 0.25) is 0 Å². The number of carbonyl (C=O) groups is 1. The van der Waals surface area contributed by atoms with Crippen LogP contribution >= 0.6 is 11.8 Å². The molecular weight excluding hydrogens is 434 g/mol.